The second-order valence-corrected chi connectivity index (χ2v) is 6.32. The van der Waals surface area contributed by atoms with E-state index < -0.39 is 16.0 Å². The molecule has 2 aromatic rings. The molecule has 0 saturated carbocycles. The first-order chi connectivity index (χ1) is 10.4. The van der Waals surface area contributed by atoms with Crippen LogP contribution in [0, 0.1) is 6.92 Å². The van der Waals surface area contributed by atoms with Crippen LogP contribution in [0.3, 0.4) is 0 Å². The van der Waals surface area contributed by atoms with Crippen molar-refractivity contribution in [3.05, 3.63) is 59.7 Å². The summed E-state index contributed by atoms with van der Waals surface area (Å²) in [6, 6.07) is 12.9. The maximum absolute atomic E-state index is 12.4. The molecule has 0 saturated heterocycles. The molecule has 5 nitrogen and oxygen atoms in total. The van der Waals surface area contributed by atoms with Crippen molar-refractivity contribution in [1.29, 1.82) is 0 Å². The molecule has 0 spiro atoms. The fourth-order valence-electron chi connectivity index (χ4n) is 1.99. The van der Waals surface area contributed by atoms with Gasteiger partial charge in [-0.05, 0) is 43.7 Å². The van der Waals surface area contributed by atoms with Crippen molar-refractivity contribution >= 4 is 21.7 Å². The van der Waals surface area contributed by atoms with Gasteiger partial charge in [-0.25, -0.2) is 13.2 Å². The number of rotatable bonds is 5. The largest absolute Gasteiger partial charge is 0.462 e. The van der Waals surface area contributed by atoms with Gasteiger partial charge in [-0.3, -0.25) is 4.72 Å². The van der Waals surface area contributed by atoms with Gasteiger partial charge in [0.05, 0.1) is 17.1 Å². The molecule has 1 N–H and O–H groups in total. The Morgan fingerprint density at radius 3 is 2.55 bits per heavy atom. The zero-order valence-electron chi connectivity index (χ0n) is 12.4. The molecule has 0 unspecified atom stereocenters. The van der Waals surface area contributed by atoms with Crippen LogP contribution in [-0.4, -0.2) is 21.0 Å². The van der Waals surface area contributed by atoms with Crippen molar-refractivity contribution in [2.45, 2.75) is 18.7 Å². The average molecular weight is 319 g/mol. The standard InChI is InChI=1S/C16H17NO4S/c1-3-21-16(18)13-8-6-9-14(11-13)17-22(19,20)15-10-5-4-7-12(15)2/h4-11,17H,3H2,1-2H3. The van der Waals surface area contributed by atoms with Gasteiger partial charge >= 0.3 is 5.97 Å². The maximum atomic E-state index is 12.4. The highest BCUT2D eigenvalue weighted by Gasteiger charge is 2.17. The van der Waals surface area contributed by atoms with Gasteiger partial charge in [0.1, 0.15) is 0 Å². The lowest BCUT2D eigenvalue weighted by Crippen LogP contribution is -2.14. The summed E-state index contributed by atoms with van der Waals surface area (Å²) in [4.78, 5) is 11.9. The van der Waals surface area contributed by atoms with E-state index in [0.29, 0.717) is 16.8 Å². The third-order valence-corrected chi connectivity index (χ3v) is 4.55. The normalized spacial score (nSPS) is 11.0. The van der Waals surface area contributed by atoms with Crippen molar-refractivity contribution in [1.82, 2.24) is 0 Å². The van der Waals surface area contributed by atoms with E-state index in [1.807, 2.05) is 0 Å². The van der Waals surface area contributed by atoms with Crippen molar-refractivity contribution in [3.8, 4) is 0 Å². The van der Waals surface area contributed by atoms with Crippen LogP contribution in [0.1, 0.15) is 22.8 Å². The van der Waals surface area contributed by atoms with Crippen LogP contribution in [0.5, 0.6) is 0 Å². The van der Waals surface area contributed by atoms with Crippen LogP contribution in [0.2, 0.25) is 0 Å². The summed E-state index contributed by atoms with van der Waals surface area (Å²) in [5.74, 6) is -0.487. The molecular formula is C16H17NO4S. The number of carbonyl (C=O) groups is 1. The number of aryl methyl sites for hydroxylation is 1. The minimum absolute atomic E-state index is 0.205. The van der Waals surface area contributed by atoms with Gasteiger partial charge in [-0.1, -0.05) is 24.3 Å². The van der Waals surface area contributed by atoms with E-state index in [2.05, 4.69) is 4.72 Å². The minimum atomic E-state index is -3.70. The summed E-state index contributed by atoms with van der Waals surface area (Å²) >= 11 is 0. The van der Waals surface area contributed by atoms with E-state index >= 15 is 0 Å². The first kappa shape index (κ1) is 16.0. The number of ether oxygens (including phenoxy) is 1. The lowest BCUT2D eigenvalue weighted by atomic mass is 10.2. The molecule has 2 rings (SSSR count). The van der Waals surface area contributed by atoms with Gasteiger partial charge in [0.25, 0.3) is 10.0 Å². The molecular weight excluding hydrogens is 302 g/mol. The number of hydrogen-bond donors (Lipinski definition) is 1. The summed E-state index contributed by atoms with van der Waals surface area (Å²) in [5.41, 5.74) is 1.26. The lowest BCUT2D eigenvalue weighted by Gasteiger charge is -2.11. The second kappa shape index (κ2) is 6.62. The second-order valence-electron chi connectivity index (χ2n) is 4.67. The Morgan fingerprint density at radius 1 is 1.14 bits per heavy atom. The van der Waals surface area contributed by atoms with Gasteiger partial charge < -0.3 is 4.74 Å². The van der Waals surface area contributed by atoms with Crippen LogP contribution in [0.4, 0.5) is 5.69 Å². The highest BCUT2D eigenvalue weighted by Crippen LogP contribution is 2.20. The van der Waals surface area contributed by atoms with Crippen molar-refractivity contribution in [2.24, 2.45) is 0 Å². The van der Waals surface area contributed by atoms with Gasteiger partial charge in [0.2, 0.25) is 0 Å². The highest BCUT2D eigenvalue weighted by molar-refractivity contribution is 7.92. The number of sulfonamides is 1. The van der Waals surface area contributed by atoms with Gasteiger partial charge in [-0.15, -0.1) is 0 Å². The molecule has 0 amide bonds. The Balaban J connectivity index is 2.29. The number of anilines is 1. The molecule has 0 atom stereocenters. The van der Waals surface area contributed by atoms with E-state index in [-0.39, 0.29) is 11.5 Å². The molecule has 22 heavy (non-hydrogen) atoms. The van der Waals surface area contributed by atoms with Crippen molar-refractivity contribution in [2.75, 3.05) is 11.3 Å². The zero-order chi connectivity index (χ0) is 16.2. The predicted octanol–water partition coefficient (Wildman–Crippen LogP) is 2.97. The number of nitrogens with one attached hydrogen (secondary N) is 1. The van der Waals surface area contributed by atoms with Crippen LogP contribution in [0.25, 0.3) is 0 Å². The number of benzene rings is 2. The molecule has 0 heterocycles. The maximum Gasteiger partial charge on any atom is 0.338 e. The van der Waals surface area contributed by atoms with Gasteiger partial charge in [-0.2, -0.15) is 0 Å². The first-order valence-electron chi connectivity index (χ1n) is 6.79. The smallest absolute Gasteiger partial charge is 0.338 e. The molecule has 6 heteroatoms. The average Bonchev–Trinajstić information content (AvgIpc) is 2.47. The summed E-state index contributed by atoms with van der Waals surface area (Å²) < 4.78 is 32.2. The molecule has 116 valence electrons. The Kier molecular flexibility index (Phi) is 4.82. The molecule has 0 aliphatic carbocycles. The fourth-order valence-corrected chi connectivity index (χ4v) is 3.29. The summed E-state index contributed by atoms with van der Waals surface area (Å²) in [7, 11) is -3.70. The van der Waals surface area contributed by atoms with Crippen LogP contribution in [0.15, 0.2) is 53.4 Å². The molecule has 0 aliphatic rings. The first-order valence-corrected chi connectivity index (χ1v) is 8.28. The summed E-state index contributed by atoms with van der Waals surface area (Å²) in [5, 5.41) is 0. The fraction of sp³-hybridized carbons (Fsp3) is 0.188. The molecule has 0 aromatic heterocycles. The lowest BCUT2D eigenvalue weighted by molar-refractivity contribution is 0.0526. The number of esters is 1. The summed E-state index contributed by atoms with van der Waals surface area (Å²) in [6.07, 6.45) is 0. The van der Waals surface area contributed by atoms with Crippen molar-refractivity contribution < 1.29 is 17.9 Å². The van der Waals surface area contributed by atoms with E-state index in [0.717, 1.165) is 0 Å². The van der Waals surface area contributed by atoms with Crippen LogP contribution < -0.4 is 4.72 Å². The Bertz CT molecular complexity index is 784. The molecule has 0 fully saturated rings. The number of hydrogen-bond acceptors (Lipinski definition) is 4. The Hall–Kier alpha value is -2.34. The molecule has 0 bridgehead atoms. The zero-order valence-corrected chi connectivity index (χ0v) is 13.2. The highest BCUT2D eigenvalue weighted by atomic mass is 32.2. The monoisotopic (exact) mass is 319 g/mol. The van der Waals surface area contributed by atoms with E-state index in [1.165, 1.54) is 12.1 Å². The minimum Gasteiger partial charge on any atom is -0.462 e. The van der Waals surface area contributed by atoms with Gasteiger partial charge in [0.15, 0.2) is 0 Å². The summed E-state index contributed by atoms with van der Waals surface area (Å²) in [6.45, 7) is 3.70. The third-order valence-electron chi connectivity index (χ3n) is 3.01. The van der Waals surface area contributed by atoms with E-state index in [9.17, 15) is 13.2 Å². The number of carbonyl (C=O) groups excluding carboxylic acids is 1. The quantitative estimate of drug-likeness (QED) is 0.860. The molecule has 2 aromatic carbocycles. The van der Waals surface area contributed by atoms with Crippen LogP contribution in [-0.2, 0) is 14.8 Å². The molecule has 0 aliphatic heterocycles. The Labute approximate surface area is 130 Å². The predicted molar refractivity (Wildman–Crippen MR) is 84.4 cm³/mol. The Morgan fingerprint density at radius 2 is 1.86 bits per heavy atom. The topological polar surface area (TPSA) is 72.5 Å². The SMILES string of the molecule is CCOC(=O)c1cccc(NS(=O)(=O)c2ccccc2C)c1. The van der Waals surface area contributed by atoms with E-state index in [4.69, 9.17) is 4.74 Å². The third kappa shape index (κ3) is 3.65. The van der Waals surface area contributed by atoms with Gasteiger partial charge in [0, 0.05) is 5.69 Å². The molecule has 0 radical (unpaired) electrons. The van der Waals surface area contributed by atoms with E-state index in [1.54, 1.807) is 50.2 Å². The van der Waals surface area contributed by atoms with Crippen LogP contribution >= 0.6 is 0 Å². The van der Waals surface area contributed by atoms with Crippen molar-refractivity contribution in [3.63, 3.8) is 0 Å².